The highest BCUT2D eigenvalue weighted by Crippen LogP contribution is 2.19. The van der Waals surface area contributed by atoms with E-state index >= 15 is 0 Å². The molecule has 3 heterocycles. The minimum absolute atomic E-state index is 0.189. The van der Waals surface area contributed by atoms with Crippen molar-refractivity contribution < 1.29 is 9.59 Å². The summed E-state index contributed by atoms with van der Waals surface area (Å²) in [6.45, 7) is 5.48. The van der Waals surface area contributed by atoms with E-state index in [1.165, 1.54) is 11.3 Å². The highest BCUT2D eigenvalue weighted by molar-refractivity contribution is 6.13. The lowest BCUT2D eigenvalue weighted by atomic mass is 10.2. The maximum absolute atomic E-state index is 11.6. The van der Waals surface area contributed by atoms with Gasteiger partial charge in [-0.25, -0.2) is 14.8 Å². The molecule has 1 aromatic heterocycles. The van der Waals surface area contributed by atoms with Crippen LogP contribution in [-0.2, 0) is 4.79 Å². The van der Waals surface area contributed by atoms with Crippen LogP contribution < -0.4 is 20.4 Å². The van der Waals surface area contributed by atoms with E-state index in [0.717, 1.165) is 26.2 Å². The molecule has 27 heavy (non-hydrogen) atoms. The van der Waals surface area contributed by atoms with Crippen LogP contribution >= 0.6 is 0 Å². The molecule has 0 saturated carbocycles. The van der Waals surface area contributed by atoms with Crippen molar-refractivity contribution in [3.8, 4) is 0 Å². The quantitative estimate of drug-likeness (QED) is 0.630. The van der Waals surface area contributed by atoms with Gasteiger partial charge in [0.1, 0.15) is 5.70 Å². The molecule has 0 radical (unpaired) electrons. The van der Waals surface area contributed by atoms with Crippen molar-refractivity contribution in [2.75, 3.05) is 36.0 Å². The van der Waals surface area contributed by atoms with Gasteiger partial charge in [0, 0.05) is 38.1 Å². The zero-order valence-electron chi connectivity index (χ0n) is 15.0. The summed E-state index contributed by atoms with van der Waals surface area (Å²) in [4.78, 5) is 36.2. The van der Waals surface area contributed by atoms with E-state index in [4.69, 9.17) is 0 Å². The minimum atomic E-state index is -0.521. The average molecular weight is 364 g/mol. The van der Waals surface area contributed by atoms with Gasteiger partial charge in [0.05, 0.1) is 5.69 Å². The van der Waals surface area contributed by atoms with Gasteiger partial charge in [-0.15, -0.1) is 0 Å². The number of nitrogens with zero attached hydrogens (tertiary/aromatic N) is 4. The van der Waals surface area contributed by atoms with Gasteiger partial charge in [0.15, 0.2) is 0 Å². The van der Waals surface area contributed by atoms with Gasteiger partial charge in [-0.05, 0) is 31.2 Å². The number of piperazine rings is 1. The Hall–Kier alpha value is -3.42. The Kier molecular flexibility index (Phi) is 4.45. The van der Waals surface area contributed by atoms with Crippen LogP contribution in [0.5, 0.6) is 0 Å². The molecule has 2 fully saturated rings. The summed E-state index contributed by atoms with van der Waals surface area (Å²) in [6, 6.07) is 9.73. The first-order valence-electron chi connectivity index (χ1n) is 8.82. The maximum atomic E-state index is 11.6. The predicted molar refractivity (Wildman–Crippen MR) is 102 cm³/mol. The van der Waals surface area contributed by atoms with Crippen LogP contribution in [0.4, 0.5) is 16.4 Å². The summed E-state index contributed by atoms with van der Waals surface area (Å²) in [7, 11) is 0. The number of benzene rings is 1. The van der Waals surface area contributed by atoms with Crippen molar-refractivity contribution >= 4 is 29.7 Å². The van der Waals surface area contributed by atoms with Gasteiger partial charge >= 0.3 is 6.03 Å². The Bertz CT molecular complexity index is 901. The number of hydrogen-bond acceptors (Lipinski definition) is 6. The fraction of sp³-hybridized carbons (Fsp3) is 0.263. The Morgan fingerprint density at radius 1 is 0.963 bits per heavy atom. The van der Waals surface area contributed by atoms with Crippen LogP contribution in [0.2, 0.25) is 0 Å². The number of imide groups is 1. The number of carbonyl (C=O) groups excluding carboxylic acids is 2. The minimum Gasteiger partial charge on any atom is -0.368 e. The molecule has 0 unspecified atom stereocenters. The number of carbonyl (C=O) groups is 2. The molecule has 0 bridgehead atoms. The van der Waals surface area contributed by atoms with Crippen LogP contribution in [0.1, 0.15) is 11.3 Å². The van der Waals surface area contributed by atoms with Crippen molar-refractivity contribution in [1.29, 1.82) is 0 Å². The number of rotatable bonds is 3. The molecular weight excluding hydrogens is 344 g/mol. The smallest absolute Gasteiger partial charge is 0.326 e. The lowest BCUT2D eigenvalue weighted by molar-refractivity contribution is -0.115. The lowest BCUT2D eigenvalue weighted by Gasteiger charge is -2.36. The Morgan fingerprint density at radius 3 is 2.33 bits per heavy atom. The molecule has 8 nitrogen and oxygen atoms in total. The summed E-state index contributed by atoms with van der Waals surface area (Å²) in [5.74, 6) is 0.171. The molecule has 3 amide bonds. The van der Waals surface area contributed by atoms with Crippen molar-refractivity contribution in [3.63, 3.8) is 0 Å². The van der Waals surface area contributed by atoms with Crippen LogP contribution in [0.25, 0.3) is 6.08 Å². The first kappa shape index (κ1) is 17.0. The molecule has 2 aliphatic rings. The van der Waals surface area contributed by atoms with Crippen molar-refractivity contribution in [2.24, 2.45) is 0 Å². The van der Waals surface area contributed by atoms with Crippen LogP contribution in [-0.4, -0.2) is 48.1 Å². The molecule has 0 spiro atoms. The number of amides is 3. The highest BCUT2D eigenvalue weighted by atomic mass is 16.2. The number of urea groups is 1. The van der Waals surface area contributed by atoms with E-state index in [0.29, 0.717) is 11.6 Å². The second-order valence-electron chi connectivity index (χ2n) is 6.56. The molecule has 2 N–H and O–H groups in total. The van der Waals surface area contributed by atoms with E-state index in [1.54, 1.807) is 18.3 Å². The SMILES string of the molecule is Cc1ccc(N2CCN(c3nccc(/C=C4/NC(=O)NC4=O)n3)CC2)cc1. The third-order valence-electron chi connectivity index (χ3n) is 4.64. The monoisotopic (exact) mass is 364 g/mol. The molecule has 0 aliphatic carbocycles. The van der Waals surface area contributed by atoms with Gasteiger partial charge < -0.3 is 15.1 Å². The topological polar surface area (TPSA) is 90.5 Å². The number of anilines is 2. The molecule has 2 aliphatic heterocycles. The molecule has 2 saturated heterocycles. The summed E-state index contributed by atoms with van der Waals surface area (Å²) >= 11 is 0. The van der Waals surface area contributed by atoms with E-state index in [9.17, 15) is 9.59 Å². The summed E-state index contributed by atoms with van der Waals surface area (Å²) in [5.41, 5.74) is 3.24. The number of aryl methyl sites for hydroxylation is 1. The van der Waals surface area contributed by atoms with Crippen LogP contribution in [0, 0.1) is 6.92 Å². The lowest BCUT2D eigenvalue weighted by Crippen LogP contribution is -2.47. The van der Waals surface area contributed by atoms with Gasteiger partial charge in [-0.3, -0.25) is 10.1 Å². The summed E-state index contributed by atoms with van der Waals surface area (Å²) in [6.07, 6.45) is 3.21. The standard InChI is InChI=1S/C19H20N6O2/c1-13-2-4-15(5-3-13)24-8-10-25(11-9-24)18-20-7-6-14(21-18)12-16-17(26)23-19(27)22-16/h2-7,12H,8-11H2,1H3,(H2,22,23,26,27)/b16-12+. The fourth-order valence-electron chi connectivity index (χ4n) is 3.15. The van der Waals surface area contributed by atoms with Gasteiger partial charge in [0.2, 0.25) is 5.95 Å². The zero-order valence-corrected chi connectivity index (χ0v) is 15.0. The second-order valence-corrected chi connectivity index (χ2v) is 6.56. The maximum Gasteiger partial charge on any atom is 0.326 e. The van der Waals surface area contributed by atoms with Crippen molar-refractivity contribution in [1.82, 2.24) is 20.6 Å². The number of hydrogen-bond donors (Lipinski definition) is 2. The Labute approximate surface area is 156 Å². The van der Waals surface area contributed by atoms with E-state index in [-0.39, 0.29) is 5.70 Å². The number of nitrogens with one attached hydrogen (secondary N) is 2. The summed E-state index contributed by atoms with van der Waals surface area (Å²) in [5, 5.41) is 4.63. The Balaban J connectivity index is 1.44. The normalized spacial score (nSPS) is 18.6. The molecule has 4 rings (SSSR count). The fourth-order valence-corrected chi connectivity index (χ4v) is 3.15. The highest BCUT2D eigenvalue weighted by Gasteiger charge is 2.23. The van der Waals surface area contributed by atoms with Crippen molar-refractivity contribution in [2.45, 2.75) is 6.92 Å². The molecule has 0 atom stereocenters. The second kappa shape index (κ2) is 7.06. The van der Waals surface area contributed by atoms with Gasteiger partial charge in [0.25, 0.3) is 5.91 Å². The Morgan fingerprint density at radius 2 is 1.67 bits per heavy atom. The summed E-state index contributed by atoms with van der Waals surface area (Å²) < 4.78 is 0. The molecule has 2 aromatic rings. The number of aromatic nitrogens is 2. The first-order valence-corrected chi connectivity index (χ1v) is 8.82. The molecule has 8 heteroatoms. The van der Waals surface area contributed by atoms with Crippen LogP contribution in [0.3, 0.4) is 0 Å². The average Bonchev–Trinajstić information content (AvgIpc) is 3.00. The van der Waals surface area contributed by atoms with E-state index < -0.39 is 11.9 Å². The third kappa shape index (κ3) is 3.74. The third-order valence-corrected chi connectivity index (χ3v) is 4.64. The van der Waals surface area contributed by atoms with Gasteiger partial charge in [-0.1, -0.05) is 17.7 Å². The molecule has 1 aromatic carbocycles. The van der Waals surface area contributed by atoms with E-state index in [2.05, 4.69) is 61.6 Å². The predicted octanol–water partition coefficient (Wildman–Crippen LogP) is 1.29. The first-order chi connectivity index (χ1) is 13.1. The molecule has 138 valence electrons. The zero-order chi connectivity index (χ0) is 18.8. The van der Waals surface area contributed by atoms with Crippen molar-refractivity contribution in [3.05, 3.63) is 53.5 Å². The van der Waals surface area contributed by atoms with Crippen LogP contribution in [0.15, 0.2) is 42.2 Å². The molecular formula is C19H20N6O2. The van der Waals surface area contributed by atoms with E-state index in [1.807, 2.05) is 0 Å². The van der Waals surface area contributed by atoms with Gasteiger partial charge in [-0.2, -0.15) is 0 Å². The largest absolute Gasteiger partial charge is 0.368 e.